The van der Waals surface area contributed by atoms with Crippen LogP contribution in [0, 0.1) is 5.82 Å². The highest BCUT2D eigenvalue weighted by Crippen LogP contribution is 2.26. The number of benzene rings is 1. The number of methoxy groups -OCH3 is 1. The van der Waals surface area contributed by atoms with Crippen LogP contribution >= 0.6 is 0 Å². The molecule has 96 valence electrons. The Morgan fingerprint density at radius 3 is 2.65 bits per heavy atom. The molecule has 1 aromatic rings. The van der Waals surface area contributed by atoms with Gasteiger partial charge in [-0.25, -0.2) is 4.39 Å². The van der Waals surface area contributed by atoms with Gasteiger partial charge < -0.3 is 15.8 Å². The first-order valence-corrected chi connectivity index (χ1v) is 5.76. The average Bonchev–Trinajstić information content (AvgIpc) is 2.29. The first kappa shape index (κ1) is 13.9. The van der Waals surface area contributed by atoms with Gasteiger partial charge in [0.2, 0.25) is 0 Å². The minimum absolute atomic E-state index is 0.137. The first-order valence-electron chi connectivity index (χ1n) is 5.76. The van der Waals surface area contributed by atoms with Crippen molar-refractivity contribution < 1.29 is 9.13 Å². The maximum absolute atomic E-state index is 13.6. The lowest BCUT2D eigenvalue weighted by Gasteiger charge is -2.26. The molecule has 0 unspecified atom stereocenters. The maximum atomic E-state index is 13.6. The van der Waals surface area contributed by atoms with Crippen molar-refractivity contribution in [2.45, 2.75) is 19.3 Å². The summed E-state index contributed by atoms with van der Waals surface area (Å²) in [6.45, 7) is 6.26. The third kappa shape index (κ3) is 3.68. The fraction of sp³-hybridized carbons (Fsp3) is 0.538. The molecule has 17 heavy (non-hydrogen) atoms. The van der Waals surface area contributed by atoms with Gasteiger partial charge in [0.1, 0.15) is 0 Å². The summed E-state index contributed by atoms with van der Waals surface area (Å²) in [7, 11) is 1.46. The lowest BCUT2D eigenvalue weighted by molar-refractivity contribution is 0.384. The predicted molar refractivity (Wildman–Crippen MR) is 67.9 cm³/mol. The summed E-state index contributed by atoms with van der Waals surface area (Å²) in [6.07, 6.45) is 0. The third-order valence-corrected chi connectivity index (χ3v) is 2.82. The molecular weight excluding hydrogens is 219 g/mol. The Morgan fingerprint density at radius 2 is 2.12 bits per heavy atom. The minimum Gasteiger partial charge on any atom is -0.494 e. The Morgan fingerprint density at radius 1 is 1.41 bits per heavy atom. The molecule has 0 aliphatic heterocycles. The van der Waals surface area contributed by atoms with Crippen LogP contribution in [-0.2, 0) is 5.41 Å². The highest BCUT2D eigenvalue weighted by atomic mass is 19.1. The largest absolute Gasteiger partial charge is 0.494 e. The van der Waals surface area contributed by atoms with Gasteiger partial charge in [-0.2, -0.15) is 0 Å². The van der Waals surface area contributed by atoms with Gasteiger partial charge >= 0.3 is 0 Å². The standard InChI is InChI=1S/C13H21FN2O/c1-13(2,9-16-7-6-15)10-4-5-12(17-3)11(14)8-10/h4-5,8,16H,6-7,9,15H2,1-3H3. The molecule has 1 rings (SSSR count). The monoisotopic (exact) mass is 240 g/mol. The first-order chi connectivity index (χ1) is 8.01. The molecule has 0 heterocycles. The van der Waals surface area contributed by atoms with E-state index < -0.39 is 0 Å². The summed E-state index contributed by atoms with van der Waals surface area (Å²) in [5.41, 5.74) is 6.23. The molecule has 0 radical (unpaired) electrons. The van der Waals surface area contributed by atoms with Crippen molar-refractivity contribution in [3.63, 3.8) is 0 Å². The third-order valence-electron chi connectivity index (χ3n) is 2.82. The Hall–Kier alpha value is -1.13. The molecule has 0 aliphatic carbocycles. The number of halogens is 1. The Balaban J connectivity index is 2.80. The van der Waals surface area contributed by atoms with Crippen LogP contribution in [0.15, 0.2) is 18.2 Å². The fourth-order valence-electron chi connectivity index (χ4n) is 1.69. The second-order valence-electron chi connectivity index (χ2n) is 4.70. The molecule has 3 N–H and O–H groups in total. The van der Waals surface area contributed by atoms with Gasteiger partial charge in [-0.15, -0.1) is 0 Å². The van der Waals surface area contributed by atoms with Crippen molar-refractivity contribution >= 4 is 0 Å². The van der Waals surface area contributed by atoms with Crippen LogP contribution in [0.4, 0.5) is 4.39 Å². The van der Waals surface area contributed by atoms with Crippen molar-refractivity contribution in [1.29, 1.82) is 0 Å². The van der Waals surface area contributed by atoms with E-state index in [-0.39, 0.29) is 17.0 Å². The molecule has 4 heteroatoms. The highest BCUT2D eigenvalue weighted by molar-refractivity contribution is 5.33. The molecule has 0 fully saturated rings. The minimum atomic E-state index is -0.322. The summed E-state index contributed by atoms with van der Waals surface area (Å²) in [4.78, 5) is 0. The number of ether oxygens (including phenoxy) is 1. The zero-order valence-electron chi connectivity index (χ0n) is 10.7. The van der Waals surface area contributed by atoms with Crippen molar-refractivity contribution in [1.82, 2.24) is 5.32 Å². The topological polar surface area (TPSA) is 47.3 Å². The number of hydrogen-bond donors (Lipinski definition) is 2. The summed E-state index contributed by atoms with van der Waals surface area (Å²) in [5.74, 6) is -0.0450. The van der Waals surface area contributed by atoms with Crippen molar-refractivity contribution in [3.8, 4) is 5.75 Å². The number of hydrogen-bond acceptors (Lipinski definition) is 3. The van der Waals surface area contributed by atoms with E-state index in [1.807, 2.05) is 6.07 Å². The van der Waals surface area contributed by atoms with Gasteiger partial charge in [0, 0.05) is 25.0 Å². The van der Waals surface area contributed by atoms with Gasteiger partial charge in [-0.3, -0.25) is 0 Å². The SMILES string of the molecule is COc1ccc(C(C)(C)CNCCN)cc1F. The molecule has 0 saturated carbocycles. The Bertz CT molecular complexity index is 366. The summed E-state index contributed by atoms with van der Waals surface area (Å²) >= 11 is 0. The number of rotatable bonds is 6. The van der Waals surface area contributed by atoms with Crippen LogP contribution in [0.3, 0.4) is 0 Å². The summed E-state index contributed by atoms with van der Waals surface area (Å²) in [6, 6.07) is 5.09. The molecule has 0 amide bonds. The van der Waals surface area contributed by atoms with E-state index in [9.17, 15) is 4.39 Å². The van der Waals surface area contributed by atoms with E-state index in [2.05, 4.69) is 19.2 Å². The fourth-order valence-corrected chi connectivity index (χ4v) is 1.69. The summed E-state index contributed by atoms with van der Waals surface area (Å²) < 4.78 is 18.5. The molecule has 0 aliphatic rings. The lowest BCUT2D eigenvalue weighted by atomic mass is 9.84. The molecule has 0 spiro atoms. The predicted octanol–water partition coefficient (Wildman–Crippen LogP) is 1.66. The van der Waals surface area contributed by atoms with E-state index in [4.69, 9.17) is 10.5 Å². The molecule has 0 saturated heterocycles. The zero-order valence-corrected chi connectivity index (χ0v) is 10.7. The molecule has 3 nitrogen and oxygen atoms in total. The van der Waals surface area contributed by atoms with Gasteiger partial charge in [0.25, 0.3) is 0 Å². The Labute approximate surface area is 102 Å². The van der Waals surface area contributed by atoms with Crippen LogP contribution < -0.4 is 15.8 Å². The van der Waals surface area contributed by atoms with E-state index >= 15 is 0 Å². The lowest BCUT2D eigenvalue weighted by Crippen LogP contribution is -2.35. The van der Waals surface area contributed by atoms with E-state index in [0.717, 1.165) is 18.7 Å². The molecule has 0 bridgehead atoms. The summed E-state index contributed by atoms with van der Waals surface area (Å²) in [5, 5.41) is 3.24. The second kappa shape index (κ2) is 5.98. The van der Waals surface area contributed by atoms with Crippen LogP contribution in [0.25, 0.3) is 0 Å². The molecule has 1 aromatic carbocycles. The van der Waals surface area contributed by atoms with E-state index in [1.54, 1.807) is 6.07 Å². The smallest absolute Gasteiger partial charge is 0.165 e. The quantitative estimate of drug-likeness (QED) is 0.743. The maximum Gasteiger partial charge on any atom is 0.165 e. The molecule has 0 atom stereocenters. The van der Waals surface area contributed by atoms with E-state index in [1.165, 1.54) is 13.2 Å². The number of nitrogens with two attached hydrogens (primary N) is 1. The molecular formula is C13H21FN2O. The second-order valence-corrected chi connectivity index (χ2v) is 4.70. The average molecular weight is 240 g/mol. The van der Waals surface area contributed by atoms with Crippen LogP contribution in [-0.4, -0.2) is 26.7 Å². The van der Waals surface area contributed by atoms with Crippen LogP contribution in [0.2, 0.25) is 0 Å². The van der Waals surface area contributed by atoms with Gasteiger partial charge in [0.05, 0.1) is 7.11 Å². The zero-order chi connectivity index (χ0) is 12.9. The molecule has 0 aromatic heterocycles. The van der Waals surface area contributed by atoms with Crippen LogP contribution in [0.5, 0.6) is 5.75 Å². The van der Waals surface area contributed by atoms with Crippen molar-refractivity contribution in [2.24, 2.45) is 5.73 Å². The van der Waals surface area contributed by atoms with Crippen molar-refractivity contribution in [3.05, 3.63) is 29.6 Å². The highest BCUT2D eigenvalue weighted by Gasteiger charge is 2.21. The Kier molecular flexibility index (Phi) is 4.90. The van der Waals surface area contributed by atoms with Gasteiger partial charge in [-0.1, -0.05) is 19.9 Å². The van der Waals surface area contributed by atoms with E-state index in [0.29, 0.717) is 6.54 Å². The van der Waals surface area contributed by atoms with Gasteiger partial charge in [-0.05, 0) is 17.7 Å². The van der Waals surface area contributed by atoms with Crippen LogP contribution in [0.1, 0.15) is 19.4 Å². The van der Waals surface area contributed by atoms with Gasteiger partial charge in [0.15, 0.2) is 11.6 Å². The normalized spacial score (nSPS) is 11.6. The number of nitrogens with one attached hydrogen (secondary N) is 1. The van der Waals surface area contributed by atoms with Crippen molar-refractivity contribution in [2.75, 3.05) is 26.7 Å².